The van der Waals surface area contributed by atoms with Gasteiger partial charge < -0.3 is 5.32 Å². The van der Waals surface area contributed by atoms with Gasteiger partial charge in [0.25, 0.3) is 11.8 Å². The third-order valence-electron chi connectivity index (χ3n) is 3.87. The SMILES string of the molecule is Cc1cc(NC(=O)CCN2C(=O)c3ccccc3C2=O)sc1C. The van der Waals surface area contributed by atoms with Crippen LogP contribution in [0.25, 0.3) is 0 Å². The number of carbonyl (C=O) groups is 3. The molecule has 5 nitrogen and oxygen atoms in total. The standard InChI is InChI=1S/C17H16N2O3S/c1-10-9-15(23-11(10)2)18-14(20)7-8-19-16(21)12-5-3-4-6-13(12)17(19)22/h3-6,9H,7-8H2,1-2H3,(H,18,20). The van der Waals surface area contributed by atoms with Crippen molar-refractivity contribution in [2.24, 2.45) is 0 Å². The molecule has 23 heavy (non-hydrogen) atoms. The van der Waals surface area contributed by atoms with E-state index in [0.717, 1.165) is 20.3 Å². The quantitative estimate of drug-likeness (QED) is 0.878. The number of rotatable bonds is 4. The van der Waals surface area contributed by atoms with E-state index in [1.807, 2.05) is 19.9 Å². The number of nitrogens with zero attached hydrogens (tertiary/aromatic N) is 1. The summed E-state index contributed by atoms with van der Waals surface area (Å²) < 4.78 is 0. The summed E-state index contributed by atoms with van der Waals surface area (Å²) in [6, 6.07) is 8.63. The van der Waals surface area contributed by atoms with Crippen molar-refractivity contribution >= 4 is 34.1 Å². The molecule has 1 N–H and O–H groups in total. The Labute approximate surface area is 137 Å². The van der Waals surface area contributed by atoms with Crippen molar-refractivity contribution in [3.8, 4) is 0 Å². The summed E-state index contributed by atoms with van der Waals surface area (Å²) in [7, 11) is 0. The summed E-state index contributed by atoms with van der Waals surface area (Å²) in [5.74, 6) is -0.870. The maximum absolute atomic E-state index is 12.2. The maximum atomic E-state index is 12.2. The van der Waals surface area contributed by atoms with Crippen LogP contribution >= 0.6 is 11.3 Å². The van der Waals surface area contributed by atoms with Crippen molar-refractivity contribution in [2.45, 2.75) is 20.3 Å². The predicted octanol–water partition coefficient (Wildman–Crippen LogP) is 2.99. The number of anilines is 1. The van der Waals surface area contributed by atoms with E-state index in [0.29, 0.717) is 11.1 Å². The number of hydrogen-bond donors (Lipinski definition) is 1. The van der Waals surface area contributed by atoms with Crippen LogP contribution in [0.15, 0.2) is 30.3 Å². The van der Waals surface area contributed by atoms with Gasteiger partial charge in [-0.1, -0.05) is 12.1 Å². The second-order valence-corrected chi connectivity index (χ2v) is 6.71. The van der Waals surface area contributed by atoms with Crippen LogP contribution in [0.2, 0.25) is 0 Å². The van der Waals surface area contributed by atoms with Gasteiger partial charge in [-0.05, 0) is 37.6 Å². The third kappa shape index (κ3) is 2.90. The zero-order valence-corrected chi connectivity index (χ0v) is 13.7. The maximum Gasteiger partial charge on any atom is 0.261 e. The Kier molecular flexibility index (Phi) is 4.00. The smallest absolute Gasteiger partial charge is 0.261 e. The lowest BCUT2D eigenvalue weighted by Crippen LogP contribution is -2.32. The van der Waals surface area contributed by atoms with Crippen molar-refractivity contribution in [3.05, 3.63) is 51.9 Å². The molecule has 6 heteroatoms. The lowest BCUT2D eigenvalue weighted by molar-refractivity contribution is -0.116. The summed E-state index contributed by atoms with van der Waals surface area (Å²) in [6.07, 6.45) is 0.0848. The highest BCUT2D eigenvalue weighted by molar-refractivity contribution is 7.16. The van der Waals surface area contributed by atoms with E-state index in [-0.39, 0.29) is 30.7 Å². The Morgan fingerprint density at radius 3 is 2.26 bits per heavy atom. The summed E-state index contributed by atoms with van der Waals surface area (Å²) in [5.41, 5.74) is 1.94. The van der Waals surface area contributed by atoms with Crippen molar-refractivity contribution in [3.63, 3.8) is 0 Å². The molecule has 2 aromatic rings. The number of nitrogens with one attached hydrogen (secondary N) is 1. The second-order valence-electron chi connectivity index (χ2n) is 5.46. The van der Waals surface area contributed by atoms with Crippen molar-refractivity contribution in [1.29, 1.82) is 0 Å². The number of hydrogen-bond acceptors (Lipinski definition) is 4. The van der Waals surface area contributed by atoms with Crippen LogP contribution in [0.4, 0.5) is 5.00 Å². The summed E-state index contributed by atoms with van der Waals surface area (Å²) >= 11 is 1.51. The highest BCUT2D eigenvalue weighted by atomic mass is 32.1. The topological polar surface area (TPSA) is 66.5 Å². The zero-order chi connectivity index (χ0) is 16.6. The first-order valence-electron chi connectivity index (χ1n) is 7.29. The van der Waals surface area contributed by atoms with Gasteiger partial charge in [-0.15, -0.1) is 11.3 Å². The van der Waals surface area contributed by atoms with Gasteiger partial charge in [0.1, 0.15) is 0 Å². The minimum atomic E-state index is -0.332. The number of imide groups is 1. The van der Waals surface area contributed by atoms with Crippen LogP contribution in [0, 0.1) is 13.8 Å². The first kappa shape index (κ1) is 15.4. The molecule has 1 aliphatic rings. The Morgan fingerprint density at radius 1 is 1.13 bits per heavy atom. The average molecular weight is 328 g/mol. The Bertz CT molecular complexity index is 755. The lowest BCUT2D eigenvalue weighted by Gasteiger charge is -2.13. The van der Waals surface area contributed by atoms with Crippen molar-refractivity contribution in [2.75, 3.05) is 11.9 Å². The van der Waals surface area contributed by atoms with Crippen LogP contribution in [-0.2, 0) is 4.79 Å². The Hall–Kier alpha value is -2.47. The summed E-state index contributed by atoms with van der Waals surface area (Å²) in [4.78, 5) is 38.7. The van der Waals surface area contributed by atoms with Crippen LogP contribution in [0.1, 0.15) is 37.6 Å². The first-order valence-corrected chi connectivity index (χ1v) is 8.11. The molecule has 1 aromatic carbocycles. The average Bonchev–Trinajstić information content (AvgIpc) is 2.96. The van der Waals surface area contributed by atoms with Gasteiger partial charge in [-0.25, -0.2) is 0 Å². The molecular weight excluding hydrogens is 312 g/mol. The van der Waals surface area contributed by atoms with Crippen molar-refractivity contribution in [1.82, 2.24) is 4.90 Å². The van der Waals surface area contributed by atoms with Crippen LogP contribution in [0.5, 0.6) is 0 Å². The second kappa shape index (κ2) is 5.96. The molecule has 1 aliphatic heterocycles. The summed E-state index contributed by atoms with van der Waals surface area (Å²) in [6.45, 7) is 4.07. The number of fused-ring (bicyclic) bond motifs is 1. The molecule has 0 spiro atoms. The van der Waals surface area contributed by atoms with E-state index >= 15 is 0 Å². The van der Waals surface area contributed by atoms with E-state index in [1.165, 1.54) is 11.3 Å². The van der Waals surface area contributed by atoms with Gasteiger partial charge in [0.05, 0.1) is 16.1 Å². The molecule has 0 saturated heterocycles. The molecular formula is C17H16N2O3S. The van der Waals surface area contributed by atoms with Gasteiger partial charge in [-0.2, -0.15) is 0 Å². The van der Waals surface area contributed by atoms with E-state index < -0.39 is 0 Å². The van der Waals surface area contributed by atoms with Gasteiger partial charge in [0.2, 0.25) is 5.91 Å². The Balaban J connectivity index is 1.62. The third-order valence-corrected chi connectivity index (χ3v) is 4.94. The molecule has 2 heterocycles. The van der Waals surface area contributed by atoms with Gasteiger partial charge in [-0.3, -0.25) is 19.3 Å². The number of amides is 3. The molecule has 3 rings (SSSR count). The number of thiophene rings is 1. The molecule has 1 aromatic heterocycles. The van der Waals surface area contributed by atoms with Gasteiger partial charge >= 0.3 is 0 Å². The predicted molar refractivity (Wildman–Crippen MR) is 88.8 cm³/mol. The number of aryl methyl sites for hydroxylation is 2. The Morgan fingerprint density at radius 2 is 1.74 bits per heavy atom. The highest BCUT2D eigenvalue weighted by Crippen LogP contribution is 2.26. The largest absolute Gasteiger partial charge is 0.318 e. The monoisotopic (exact) mass is 328 g/mol. The first-order chi connectivity index (χ1) is 11.0. The normalized spacial score (nSPS) is 13.4. The van der Waals surface area contributed by atoms with E-state index in [4.69, 9.17) is 0 Å². The van der Waals surface area contributed by atoms with Crippen LogP contribution in [0.3, 0.4) is 0 Å². The fraction of sp³-hybridized carbons (Fsp3) is 0.235. The molecule has 0 unspecified atom stereocenters. The van der Waals surface area contributed by atoms with Gasteiger partial charge in [0, 0.05) is 17.8 Å². The number of benzene rings is 1. The molecule has 118 valence electrons. The zero-order valence-electron chi connectivity index (χ0n) is 12.9. The summed E-state index contributed by atoms with van der Waals surface area (Å²) in [5, 5.41) is 3.59. The van der Waals surface area contributed by atoms with Crippen LogP contribution in [-0.4, -0.2) is 29.2 Å². The van der Waals surface area contributed by atoms with E-state index in [9.17, 15) is 14.4 Å². The minimum absolute atomic E-state index is 0.0848. The van der Waals surface area contributed by atoms with Crippen LogP contribution < -0.4 is 5.32 Å². The molecule has 0 fully saturated rings. The molecule has 0 bridgehead atoms. The molecule has 0 saturated carbocycles. The molecule has 0 atom stereocenters. The highest BCUT2D eigenvalue weighted by Gasteiger charge is 2.34. The fourth-order valence-corrected chi connectivity index (χ4v) is 3.44. The van der Waals surface area contributed by atoms with Gasteiger partial charge in [0.15, 0.2) is 0 Å². The molecule has 3 amide bonds. The van der Waals surface area contributed by atoms with E-state index in [1.54, 1.807) is 24.3 Å². The molecule has 0 aliphatic carbocycles. The minimum Gasteiger partial charge on any atom is -0.318 e. The molecule has 0 radical (unpaired) electrons. The number of carbonyl (C=O) groups excluding carboxylic acids is 3. The van der Waals surface area contributed by atoms with Crippen molar-refractivity contribution < 1.29 is 14.4 Å². The lowest BCUT2D eigenvalue weighted by atomic mass is 10.1. The van der Waals surface area contributed by atoms with E-state index in [2.05, 4.69) is 5.32 Å². The fourth-order valence-electron chi connectivity index (χ4n) is 2.49.